The Morgan fingerprint density at radius 3 is 2.53 bits per heavy atom. The van der Waals surface area contributed by atoms with E-state index in [2.05, 4.69) is 16.7 Å². The van der Waals surface area contributed by atoms with Crippen LogP contribution < -0.4 is 15.4 Å². The maximum absolute atomic E-state index is 11.6. The van der Waals surface area contributed by atoms with E-state index in [1.165, 1.54) is 5.56 Å². The molecule has 0 heterocycles. The Labute approximate surface area is 115 Å². The Morgan fingerprint density at radius 2 is 2.00 bits per heavy atom. The summed E-state index contributed by atoms with van der Waals surface area (Å²) in [6.07, 6.45) is 0.808. The van der Waals surface area contributed by atoms with Gasteiger partial charge in [-0.3, -0.25) is 0 Å². The van der Waals surface area contributed by atoms with Gasteiger partial charge in [0, 0.05) is 12.1 Å². The van der Waals surface area contributed by atoms with E-state index in [-0.39, 0.29) is 11.6 Å². The SMILES string of the molecule is COc1ccc(CCNC(=O)NC(C)(C)C)cc1C. The molecule has 0 aliphatic heterocycles. The molecule has 1 aromatic rings. The molecule has 2 N–H and O–H groups in total. The van der Waals surface area contributed by atoms with E-state index in [0.717, 1.165) is 17.7 Å². The molecule has 0 aliphatic carbocycles. The third kappa shape index (κ3) is 5.64. The molecule has 2 amide bonds. The molecule has 0 spiro atoms. The maximum Gasteiger partial charge on any atom is 0.315 e. The third-order valence-electron chi connectivity index (χ3n) is 2.65. The van der Waals surface area contributed by atoms with Gasteiger partial charge in [0.25, 0.3) is 0 Å². The average Bonchev–Trinajstić information content (AvgIpc) is 2.26. The third-order valence-corrected chi connectivity index (χ3v) is 2.65. The van der Waals surface area contributed by atoms with Crippen molar-refractivity contribution in [3.8, 4) is 5.75 Å². The number of hydrogen-bond acceptors (Lipinski definition) is 2. The zero-order valence-electron chi connectivity index (χ0n) is 12.5. The Kier molecular flexibility index (Phi) is 5.21. The first-order valence-electron chi connectivity index (χ1n) is 6.51. The summed E-state index contributed by atoms with van der Waals surface area (Å²) in [5.41, 5.74) is 2.09. The fraction of sp³-hybridized carbons (Fsp3) is 0.533. The van der Waals surface area contributed by atoms with E-state index in [0.29, 0.717) is 6.54 Å². The van der Waals surface area contributed by atoms with Crippen molar-refractivity contribution in [2.24, 2.45) is 0 Å². The normalized spacial score (nSPS) is 11.0. The van der Waals surface area contributed by atoms with E-state index < -0.39 is 0 Å². The van der Waals surface area contributed by atoms with Gasteiger partial charge in [0.05, 0.1) is 7.11 Å². The molecule has 1 aromatic carbocycles. The number of carbonyl (C=O) groups is 1. The number of carbonyl (C=O) groups excluding carboxylic acids is 1. The second-order valence-electron chi connectivity index (χ2n) is 5.68. The number of ether oxygens (including phenoxy) is 1. The zero-order chi connectivity index (χ0) is 14.5. The molecule has 4 nitrogen and oxygen atoms in total. The van der Waals surface area contributed by atoms with Gasteiger partial charge in [0.2, 0.25) is 0 Å². The highest BCUT2D eigenvalue weighted by Crippen LogP contribution is 2.18. The molecule has 0 atom stereocenters. The van der Waals surface area contributed by atoms with Crippen LogP contribution in [0.15, 0.2) is 18.2 Å². The van der Waals surface area contributed by atoms with Gasteiger partial charge in [0.15, 0.2) is 0 Å². The molecule has 4 heteroatoms. The van der Waals surface area contributed by atoms with E-state index in [9.17, 15) is 4.79 Å². The molecular formula is C15H24N2O2. The maximum atomic E-state index is 11.6. The lowest BCUT2D eigenvalue weighted by molar-refractivity contribution is 0.232. The summed E-state index contributed by atoms with van der Waals surface area (Å²) >= 11 is 0. The smallest absolute Gasteiger partial charge is 0.315 e. The van der Waals surface area contributed by atoms with Crippen molar-refractivity contribution in [2.45, 2.75) is 39.7 Å². The van der Waals surface area contributed by atoms with Gasteiger partial charge >= 0.3 is 6.03 Å². The van der Waals surface area contributed by atoms with Crippen molar-refractivity contribution in [1.29, 1.82) is 0 Å². The topological polar surface area (TPSA) is 50.4 Å². The lowest BCUT2D eigenvalue weighted by atomic mass is 10.1. The van der Waals surface area contributed by atoms with Crippen LogP contribution >= 0.6 is 0 Å². The first kappa shape index (κ1) is 15.3. The Morgan fingerprint density at radius 1 is 1.32 bits per heavy atom. The quantitative estimate of drug-likeness (QED) is 0.878. The summed E-state index contributed by atoms with van der Waals surface area (Å²) in [5.74, 6) is 0.891. The van der Waals surface area contributed by atoms with Gasteiger partial charge in [-0.15, -0.1) is 0 Å². The minimum atomic E-state index is -0.208. The van der Waals surface area contributed by atoms with Gasteiger partial charge in [-0.05, 0) is 51.3 Å². The van der Waals surface area contributed by atoms with Crippen molar-refractivity contribution in [1.82, 2.24) is 10.6 Å². The highest BCUT2D eigenvalue weighted by atomic mass is 16.5. The Hall–Kier alpha value is -1.71. The number of urea groups is 1. The predicted octanol–water partition coefficient (Wildman–Crippen LogP) is 2.64. The van der Waals surface area contributed by atoms with Crippen molar-refractivity contribution < 1.29 is 9.53 Å². The van der Waals surface area contributed by atoms with E-state index in [1.807, 2.05) is 39.8 Å². The zero-order valence-corrected chi connectivity index (χ0v) is 12.5. The average molecular weight is 264 g/mol. The lowest BCUT2D eigenvalue weighted by Crippen LogP contribution is -2.46. The Balaban J connectivity index is 2.41. The van der Waals surface area contributed by atoms with Crippen LogP contribution in [-0.2, 0) is 6.42 Å². The van der Waals surface area contributed by atoms with Crippen molar-refractivity contribution in [2.75, 3.05) is 13.7 Å². The van der Waals surface area contributed by atoms with Crippen molar-refractivity contribution in [3.05, 3.63) is 29.3 Å². The van der Waals surface area contributed by atoms with E-state index in [4.69, 9.17) is 4.74 Å². The Bertz CT molecular complexity index is 436. The highest BCUT2D eigenvalue weighted by Gasteiger charge is 2.12. The number of nitrogens with one attached hydrogen (secondary N) is 2. The second kappa shape index (κ2) is 6.45. The molecule has 0 unspecified atom stereocenters. The molecule has 0 radical (unpaired) electrons. The van der Waals surface area contributed by atoms with Gasteiger partial charge in [0.1, 0.15) is 5.75 Å². The fourth-order valence-electron chi connectivity index (χ4n) is 1.80. The largest absolute Gasteiger partial charge is 0.496 e. The summed E-state index contributed by atoms with van der Waals surface area (Å²) in [7, 11) is 1.67. The van der Waals surface area contributed by atoms with Crippen molar-refractivity contribution >= 4 is 6.03 Å². The van der Waals surface area contributed by atoms with E-state index in [1.54, 1.807) is 7.11 Å². The molecule has 0 saturated carbocycles. The molecule has 0 saturated heterocycles. The monoisotopic (exact) mass is 264 g/mol. The molecule has 0 aromatic heterocycles. The van der Waals surface area contributed by atoms with Crippen LogP contribution in [0.2, 0.25) is 0 Å². The van der Waals surface area contributed by atoms with Gasteiger partial charge in [-0.2, -0.15) is 0 Å². The summed E-state index contributed by atoms with van der Waals surface area (Å²) < 4.78 is 5.22. The summed E-state index contributed by atoms with van der Waals surface area (Å²) in [6.45, 7) is 8.51. The van der Waals surface area contributed by atoms with Crippen LogP contribution in [0.5, 0.6) is 5.75 Å². The van der Waals surface area contributed by atoms with Crippen LogP contribution in [0.3, 0.4) is 0 Å². The molecule has 1 rings (SSSR count). The lowest BCUT2D eigenvalue weighted by Gasteiger charge is -2.20. The first-order valence-corrected chi connectivity index (χ1v) is 6.51. The summed E-state index contributed by atoms with van der Waals surface area (Å²) in [6, 6.07) is 5.94. The standard InChI is InChI=1S/C15H24N2O2/c1-11-10-12(6-7-13(11)19-5)8-9-16-14(18)17-15(2,3)4/h6-7,10H,8-9H2,1-5H3,(H2,16,17,18). The predicted molar refractivity (Wildman–Crippen MR) is 77.7 cm³/mol. The number of amides is 2. The minimum absolute atomic E-state index is 0.127. The molecule has 0 bridgehead atoms. The van der Waals surface area contributed by atoms with E-state index >= 15 is 0 Å². The molecule has 0 fully saturated rings. The number of aryl methyl sites for hydroxylation is 1. The first-order chi connectivity index (χ1) is 8.81. The number of hydrogen-bond donors (Lipinski definition) is 2. The van der Waals surface area contributed by atoms with Gasteiger partial charge < -0.3 is 15.4 Å². The number of rotatable bonds is 4. The summed E-state index contributed by atoms with van der Waals surface area (Å²) in [5, 5.41) is 5.72. The van der Waals surface area contributed by atoms with Crippen LogP contribution in [0.4, 0.5) is 4.79 Å². The highest BCUT2D eigenvalue weighted by molar-refractivity contribution is 5.74. The second-order valence-corrected chi connectivity index (χ2v) is 5.68. The van der Waals surface area contributed by atoms with Crippen molar-refractivity contribution in [3.63, 3.8) is 0 Å². The van der Waals surface area contributed by atoms with Crippen LogP contribution in [0, 0.1) is 6.92 Å². The van der Waals surface area contributed by atoms with Gasteiger partial charge in [-0.25, -0.2) is 4.79 Å². The molecule has 19 heavy (non-hydrogen) atoms. The molecule has 106 valence electrons. The minimum Gasteiger partial charge on any atom is -0.496 e. The fourth-order valence-corrected chi connectivity index (χ4v) is 1.80. The van der Waals surface area contributed by atoms with Gasteiger partial charge in [-0.1, -0.05) is 12.1 Å². The number of benzene rings is 1. The van der Waals surface area contributed by atoms with Crippen LogP contribution in [-0.4, -0.2) is 25.2 Å². The van der Waals surface area contributed by atoms with Crippen LogP contribution in [0.25, 0.3) is 0 Å². The number of methoxy groups -OCH3 is 1. The molecule has 0 aliphatic rings. The molecular weight excluding hydrogens is 240 g/mol. The van der Waals surface area contributed by atoms with Crippen LogP contribution in [0.1, 0.15) is 31.9 Å². The summed E-state index contributed by atoms with van der Waals surface area (Å²) in [4.78, 5) is 11.6.